The lowest BCUT2D eigenvalue weighted by atomic mass is 9.88. The molecule has 1 aromatic carbocycles. The van der Waals surface area contributed by atoms with Gasteiger partial charge >= 0.3 is 0 Å². The number of fused-ring (bicyclic) bond motifs is 1. The van der Waals surface area contributed by atoms with Gasteiger partial charge in [-0.25, -0.2) is 27.4 Å². The third-order valence-electron chi connectivity index (χ3n) is 4.51. The third-order valence-corrected chi connectivity index (χ3v) is 7.44. The van der Waals surface area contributed by atoms with Crippen LogP contribution in [0.25, 0.3) is 0 Å². The van der Waals surface area contributed by atoms with E-state index in [1.807, 2.05) is 0 Å². The Bertz CT molecular complexity index is 879. The lowest BCUT2D eigenvalue weighted by Crippen LogP contribution is -2.68. The molecule has 8 nitrogen and oxygen atoms in total. The number of anilines is 1. The molecule has 4 N–H and O–H groups in total. The molecule has 1 aliphatic carbocycles. The van der Waals surface area contributed by atoms with Gasteiger partial charge in [0.25, 0.3) is 0 Å². The number of sulfonamides is 2. The number of nitrogens with one attached hydrogen (secondary N) is 2. The van der Waals surface area contributed by atoms with Crippen LogP contribution in [0.15, 0.2) is 21.9 Å². The summed E-state index contributed by atoms with van der Waals surface area (Å²) in [5.74, 6) is 0. The standard InChI is InChI=1S/C13H19ClN4O4S2/c1-16-18-10-7-9(14)11(23(15,19)20)8-12(10)24(21,22)17-13(18)5-3-2-4-6-13/h7-8,16-17H,2-6H2,1H3,(H2,15,19,20). The Morgan fingerprint density at radius 2 is 1.92 bits per heavy atom. The van der Waals surface area contributed by atoms with Crippen molar-refractivity contribution in [1.82, 2.24) is 10.1 Å². The Balaban J connectivity index is 2.26. The Hall–Kier alpha value is -0.910. The summed E-state index contributed by atoms with van der Waals surface area (Å²) in [6.07, 6.45) is 4.10. The van der Waals surface area contributed by atoms with Crippen LogP contribution < -0.4 is 20.3 Å². The van der Waals surface area contributed by atoms with Gasteiger partial charge in [0.15, 0.2) is 0 Å². The second-order valence-electron chi connectivity index (χ2n) is 6.05. The Morgan fingerprint density at radius 1 is 1.29 bits per heavy atom. The van der Waals surface area contributed by atoms with Gasteiger partial charge in [0.2, 0.25) is 20.0 Å². The normalized spacial score (nSPS) is 22.4. The van der Waals surface area contributed by atoms with E-state index in [9.17, 15) is 16.8 Å². The van der Waals surface area contributed by atoms with Crippen molar-refractivity contribution in [2.75, 3.05) is 12.1 Å². The molecule has 0 bridgehead atoms. The lowest BCUT2D eigenvalue weighted by Gasteiger charge is -2.50. The minimum atomic E-state index is -4.14. The summed E-state index contributed by atoms with van der Waals surface area (Å²) < 4.78 is 51.5. The van der Waals surface area contributed by atoms with Crippen molar-refractivity contribution in [2.24, 2.45) is 5.14 Å². The predicted molar refractivity (Wildman–Crippen MR) is 90.5 cm³/mol. The molecule has 0 atom stereocenters. The minimum absolute atomic E-state index is 0.112. The SMILES string of the molecule is CNN1c2cc(Cl)c(S(N)(=O)=O)cc2S(=O)(=O)NC12CCCCC2. The fourth-order valence-electron chi connectivity index (χ4n) is 3.51. The summed E-state index contributed by atoms with van der Waals surface area (Å²) in [7, 11) is -6.36. The van der Waals surface area contributed by atoms with E-state index in [-0.39, 0.29) is 9.92 Å². The second kappa shape index (κ2) is 5.82. The highest BCUT2D eigenvalue weighted by atomic mass is 35.5. The summed E-state index contributed by atoms with van der Waals surface area (Å²) in [6.45, 7) is 0. The van der Waals surface area contributed by atoms with Gasteiger partial charge in [0, 0.05) is 7.05 Å². The van der Waals surface area contributed by atoms with E-state index in [1.165, 1.54) is 6.07 Å². The molecule has 24 heavy (non-hydrogen) atoms. The molecule has 1 saturated carbocycles. The van der Waals surface area contributed by atoms with E-state index in [0.717, 1.165) is 25.3 Å². The highest BCUT2D eigenvalue weighted by Gasteiger charge is 2.47. The highest BCUT2D eigenvalue weighted by Crippen LogP contribution is 2.43. The number of rotatable bonds is 2. The zero-order valence-corrected chi connectivity index (χ0v) is 15.4. The van der Waals surface area contributed by atoms with Gasteiger partial charge in [-0.3, -0.25) is 5.01 Å². The molecular formula is C13H19ClN4O4S2. The molecule has 3 rings (SSSR count). The van der Waals surface area contributed by atoms with E-state index >= 15 is 0 Å². The minimum Gasteiger partial charge on any atom is -0.286 e. The number of halogens is 1. The third kappa shape index (κ3) is 2.80. The average molecular weight is 395 g/mol. The number of hydrogen-bond donors (Lipinski definition) is 3. The fourth-order valence-corrected chi connectivity index (χ4v) is 6.28. The molecule has 1 heterocycles. The van der Waals surface area contributed by atoms with E-state index in [4.69, 9.17) is 16.7 Å². The molecule has 0 amide bonds. The number of nitrogens with zero attached hydrogens (tertiary/aromatic N) is 1. The Kier molecular flexibility index (Phi) is 4.34. The average Bonchev–Trinajstić information content (AvgIpc) is 2.45. The lowest BCUT2D eigenvalue weighted by molar-refractivity contribution is 0.235. The first-order valence-electron chi connectivity index (χ1n) is 7.49. The monoisotopic (exact) mass is 394 g/mol. The quantitative estimate of drug-likeness (QED) is 0.684. The zero-order valence-electron chi connectivity index (χ0n) is 13.0. The summed E-state index contributed by atoms with van der Waals surface area (Å²) in [5.41, 5.74) is 2.54. The predicted octanol–water partition coefficient (Wildman–Crippen LogP) is 0.880. The molecule has 0 radical (unpaired) electrons. The number of hydrazine groups is 1. The van der Waals surface area contributed by atoms with Crippen LogP contribution in [0.1, 0.15) is 32.1 Å². The smallest absolute Gasteiger partial charge is 0.244 e. The van der Waals surface area contributed by atoms with Gasteiger partial charge in [0.1, 0.15) is 15.5 Å². The number of primary sulfonamides is 1. The number of nitrogens with two attached hydrogens (primary N) is 1. The van der Waals surface area contributed by atoms with Crippen LogP contribution in [0.2, 0.25) is 5.02 Å². The first-order chi connectivity index (χ1) is 11.1. The van der Waals surface area contributed by atoms with Gasteiger partial charge in [-0.15, -0.1) is 0 Å². The first-order valence-corrected chi connectivity index (χ1v) is 10.9. The van der Waals surface area contributed by atoms with Crippen molar-refractivity contribution in [1.29, 1.82) is 0 Å². The van der Waals surface area contributed by atoms with E-state index < -0.39 is 30.6 Å². The summed E-state index contributed by atoms with van der Waals surface area (Å²) in [4.78, 5) is -0.578. The number of hydrogen-bond acceptors (Lipinski definition) is 6. The second-order valence-corrected chi connectivity index (χ2v) is 9.64. The fraction of sp³-hybridized carbons (Fsp3) is 0.538. The van der Waals surface area contributed by atoms with Crippen LogP contribution in [0.3, 0.4) is 0 Å². The summed E-state index contributed by atoms with van der Waals surface area (Å²) in [6, 6.07) is 2.34. The molecule has 0 aromatic heterocycles. The Morgan fingerprint density at radius 3 is 2.46 bits per heavy atom. The van der Waals surface area contributed by atoms with Crippen LogP contribution in [-0.4, -0.2) is 29.5 Å². The van der Waals surface area contributed by atoms with Crippen molar-refractivity contribution in [3.8, 4) is 0 Å². The zero-order chi connectivity index (χ0) is 17.8. The van der Waals surface area contributed by atoms with Gasteiger partial charge in [-0.2, -0.15) is 4.72 Å². The molecule has 0 unspecified atom stereocenters. The van der Waals surface area contributed by atoms with Crippen molar-refractivity contribution in [3.63, 3.8) is 0 Å². The molecular weight excluding hydrogens is 376 g/mol. The highest BCUT2D eigenvalue weighted by molar-refractivity contribution is 7.90. The molecule has 1 fully saturated rings. The van der Waals surface area contributed by atoms with Crippen LogP contribution in [0, 0.1) is 0 Å². The molecule has 2 aliphatic rings. The van der Waals surface area contributed by atoms with Crippen LogP contribution in [-0.2, 0) is 20.0 Å². The molecule has 11 heteroatoms. The van der Waals surface area contributed by atoms with E-state index in [1.54, 1.807) is 12.1 Å². The maximum absolute atomic E-state index is 12.8. The van der Waals surface area contributed by atoms with E-state index in [2.05, 4.69) is 10.1 Å². The molecule has 134 valence electrons. The van der Waals surface area contributed by atoms with E-state index in [0.29, 0.717) is 18.5 Å². The Labute approximate surface area is 146 Å². The molecule has 0 saturated heterocycles. The summed E-state index contributed by atoms with van der Waals surface area (Å²) in [5, 5.41) is 6.74. The van der Waals surface area contributed by atoms with Gasteiger partial charge < -0.3 is 0 Å². The van der Waals surface area contributed by atoms with Crippen molar-refractivity contribution < 1.29 is 16.8 Å². The topological polar surface area (TPSA) is 122 Å². The van der Waals surface area contributed by atoms with Crippen LogP contribution in [0.4, 0.5) is 5.69 Å². The maximum atomic E-state index is 12.8. The molecule has 1 aromatic rings. The van der Waals surface area contributed by atoms with Gasteiger partial charge in [-0.05, 0) is 37.8 Å². The number of benzene rings is 1. The first kappa shape index (κ1) is 17.9. The maximum Gasteiger partial charge on any atom is 0.244 e. The van der Waals surface area contributed by atoms with Gasteiger partial charge in [-0.1, -0.05) is 18.0 Å². The van der Waals surface area contributed by atoms with Crippen LogP contribution in [0.5, 0.6) is 0 Å². The largest absolute Gasteiger partial charge is 0.286 e. The summed E-state index contributed by atoms with van der Waals surface area (Å²) >= 11 is 6.06. The van der Waals surface area contributed by atoms with Crippen molar-refractivity contribution in [2.45, 2.75) is 47.6 Å². The molecule has 1 spiro atoms. The van der Waals surface area contributed by atoms with Crippen LogP contribution >= 0.6 is 11.6 Å². The van der Waals surface area contributed by atoms with Crippen molar-refractivity contribution in [3.05, 3.63) is 17.2 Å². The van der Waals surface area contributed by atoms with Gasteiger partial charge in [0.05, 0.1) is 10.7 Å². The van der Waals surface area contributed by atoms with Crippen molar-refractivity contribution >= 4 is 37.3 Å². The molecule has 1 aliphatic heterocycles.